The molecule has 36 heavy (non-hydrogen) atoms. The van der Waals surface area contributed by atoms with Crippen molar-refractivity contribution >= 4 is 74.5 Å². The third-order valence-electron chi connectivity index (χ3n) is 4.86. The molecule has 1 saturated heterocycles. The first-order valence-corrected chi connectivity index (χ1v) is 13.0. The van der Waals surface area contributed by atoms with Crippen LogP contribution in [0.5, 0.6) is 11.5 Å². The van der Waals surface area contributed by atoms with Crippen LogP contribution in [0.15, 0.2) is 70.6 Å². The van der Waals surface area contributed by atoms with Crippen molar-refractivity contribution in [2.24, 2.45) is 4.99 Å². The lowest BCUT2D eigenvalue weighted by Crippen LogP contribution is -2.19. The summed E-state index contributed by atoms with van der Waals surface area (Å²) in [6.45, 7) is 2.73. The molecule has 8 nitrogen and oxygen atoms in total. The normalized spacial score (nSPS) is 15.2. The first-order valence-electron chi connectivity index (χ1n) is 10.7. The van der Waals surface area contributed by atoms with Gasteiger partial charge in [0.2, 0.25) is 0 Å². The molecule has 0 unspecified atom stereocenters. The van der Waals surface area contributed by atoms with E-state index in [2.05, 4.69) is 32.9 Å². The Morgan fingerprint density at radius 1 is 1.17 bits per heavy atom. The summed E-state index contributed by atoms with van der Waals surface area (Å²) in [5.74, 6) is 0.846. The van der Waals surface area contributed by atoms with Gasteiger partial charge in [-0.2, -0.15) is 0 Å². The molecule has 11 heteroatoms. The minimum atomic E-state index is -0.567. The van der Waals surface area contributed by atoms with Crippen LogP contribution in [0.2, 0.25) is 5.02 Å². The highest BCUT2D eigenvalue weighted by Crippen LogP contribution is 2.37. The van der Waals surface area contributed by atoms with Crippen LogP contribution < -0.4 is 14.8 Å². The Balaban J connectivity index is 1.58. The molecule has 1 aliphatic heterocycles. The molecule has 0 aromatic heterocycles. The van der Waals surface area contributed by atoms with E-state index in [1.54, 1.807) is 6.08 Å². The fourth-order valence-electron chi connectivity index (χ4n) is 3.28. The Morgan fingerprint density at radius 3 is 2.67 bits per heavy atom. The highest BCUT2D eigenvalue weighted by molar-refractivity contribution is 14.1. The molecular formula is C25H19ClIN3O5S. The predicted molar refractivity (Wildman–Crippen MR) is 150 cm³/mol. The van der Waals surface area contributed by atoms with Crippen molar-refractivity contribution in [3.05, 3.63) is 95.4 Å². The number of hydrogen-bond acceptors (Lipinski definition) is 7. The Morgan fingerprint density at radius 2 is 1.94 bits per heavy atom. The highest BCUT2D eigenvalue weighted by atomic mass is 127. The molecule has 0 saturated carbocycles. The number of carbonyl (C=O) groups is 1. The van der Waals surface area contributed by atoms with Crippen LogP contribution in [0.4, 0.5) is 11.4 Å². The number of amidine groups is 1. The first kappa shape index (κ1) is 26.0. The van der Waals surface area contributed by atoms with E-state index < -0.39 is 4.92 Å². The van der Waals surface area contributed by atoms with E-state index in [1.807, 2.05) is 49.4 Å². The Hall–Kier alpha value is -3.09. The smallest absolute Gasteiger partial charge is 0.296 e. The number of ether oxygens (including phenoxy) is 2. The van der Waals surface area contributed by atoms with Gasteiger partial charge in [0.25, 0.3) is 11.6 Å². The van der Waals surface area contributed by atoms with Gasteiger partial charge in [0.05, 0.1) is 20.0 Å². The SMILES string of the molecule is CCOc1cc(/C=C2/SC(=Nc3ccc(Cl)cc3[N+](=O)[O-])NC2=O)cc(I)c1OCc1ccccc1. The topological polar surface area (TPSA) is 103 Å². The number of rotatable bonds is 8. The van der Waals surface area contributed by atoms with Crippen molar-refractivity contribution in [1.82, 2.24) is 5.32 Å². The van der Waals surface area contributed by atoms with Gasteiger partial charge in [-0.25, -0.2) is 4.99 Å². The second-order valence-electron chi connectivity index (χ2n) is 7.41. The van der Waals surface area contributed by atoms with Gasteiger partial charge in [-0.3, -0.25) is 14.9 Å². The Labute approximate surface area is 230 Å². The monoisotopic (exact) mass is 635 g/mol. The van der Waals surface area contributed by atoms with Gasteiger partial charge in [-0.05, 0) is 82.7 Å². The summed E-state index contributed by atoms with van der Waals surface area (Å²) < 4.78 is 12.7. The number of nitro groups is 1. The Bertz CT molecular complexity index is 1380. The maximum atomic E-state index is 12.6. The van der Waals surface area contributed by atoms with Gasteiger partial charge in [0, 0.05) is 11.1 Å². The third-order valence-corrected chi connectivity index (χ3v) is 6.81. The van der Waals surface area contributed by atoms with Gasteiger partial charge in [0.15, 0.2) is 16.7 Å². The second kappa shape index (κ2) is 11.8. The summed E-state index contributed by atoms with van der Waals surface area (Å²) in [4.78, 5) is 28.0. The van der Waals surface area contributed by atoms with Crippen LogP contribution in [-0.4, -0.2) is 22.6 Å². The summed E-state index contributed by atoms with van der Waals surface area (Å²) >= 11 is 9.13. The van der Waals surface area contributed by atoms with E-state index in [0.717, 1.165) is 26.5 Å². The molecule has 1 aliphatic rings. The summed E-state index contributed by atoms with van der Waals surface area (Å²) in [6, 6.07) is 17.7. The summed E-state index contributed by atoms with van der Waals surface area (Å²) in [5.41, 5.74) is 1.63. The number of aliphatic imine (C=N–C) groups is 1. The molecule has 1 heterocycles. The molecule has 0 spiro atoms. The lowest BCUT2D eigenvalue weighted by Gasteiger charge is -2.15. The minimum absolute atomic E-state index is 0.0987. The standard InChI is InChI=1S/C25H19ClIN3O5S/c1-2-34-21-11-16(10-18(27)23(21)35-14-15-6-4-3-5-7-15)12-22-24(31)29-25(36-22)28-19-9-8-17(26)13-20(19)30(32)33/h3-13H,2,14H2,1H3,(H,28,29,31)/b22-12+. The van der Waals surface area contributed by atoms with E-state index in [4.69, 9.17) is 21.1 Å². The van der Waals surface area contributed by atoms with Gasteiger partial charge in [0.1, 0.15) is 12.3 Å². The van der Waals surface area contributed by atoms with E-state index in [-0.39, 0.29) is 27.5 Å². The van der Waals surface area contributed by atoms with Gasteiger partial charge in [-0.15, -0.1) is 0 Å². The quantitative estimate of drug-likeness (QED) is 0.128. The molecule has 3 aromatic rings. The molecule has 0 atom stereocenters. The first-order chi connectivity index (χ1) is 17.3. The molecule has 3 aromatic carbocycles. The van der Waals surface area contributed by atoms with Crippen molar-refractivity contribution in [1.29, 1.82) is 0 Å². The lowest BCUT2D eigenvalue weighted by atomic mass is 10.2. The largest absolute Gasteiger partial charge is 0.490 e. The zero-order chi connectivity index (χ0) is 25.7. The van der Waals surface area contributed by atoms with E-state index in [9.17, 15) is 14.9 Å². The number of nitrogens with one attached hydrogen (secondary N) is 1. The van der Waals surface area contributed by atoms with Gasteiger partial charge < -0.3 is 14.8 Å². The zero-order valence-corrected chi connectivity index (χ0v) is 22.6. The van der Waals surface area contributed by atoms with E-state index >= 15 is 0 Å². The number of nitrogens with zero attached hydrogens (tertiary/aromatic N) is 2. The number of halogens is 2. The average molecular weight is 636 g/mol. The fraction of sp³-hybridized carbons (Fsp3) is 0.120. The molecule has 4 rings (SSSR count). The van der Waals surface area contributed by atoms with Gasteiger partial charge in [-0.1, -0.05) is 41.9 Å². The molecule has 1 fully saturated rings. The fourth-order valence-corrected chi connectivity index (χ4v) is 5.06. The number of nitro benzene ring substituents is 1. The van der Waals surface area contributed by atoms with Crippen LogP contribution >= 0.6 is 46.0 Å². The Kier molecular flexibility index (Phi) is 8.49. The third kappa shape index (κ3) is 6.37. The molecule has 1 N–H and O–H groups in total. The van der Waals surface area contributed by atoms with Crippen molar-refractivity contribution in [2.75, 3.05) is 6.61 Å². The van der Waals surface area contributed by atoms with Crippen LogP contribution in [0.3, 0.4) is 0 Å². The number of hydrogen-bond donors (Lipinski definition) is 1. The lowest BCUT2D eigenvalue weighted by molar-refractivity contribution is -0.384. The molecule has 0 bridgehead atoms. The predicted octanol–water partition coefficient (Wildman–Crippen LogP) is 6.72. The molecular weight excluding hydrogens is 617 g/mol. The van der Waals surface area contributed by atoms with Crippen LogP contribution in [-0.2, 0) is 11.4 Å². The molecule has 0 aliphatic carbocycles. The summed E-state index contributed by atoms with van der Waals surface area (Å²) in [5, 5.41) is 14.5. The van der Waals surface area contributed by atoms with Crippen molar-refractivity contribution in [3.63, 3.8) is 0 Å². The van der Waals surface area contributed by atoms with E-state index in [0.29, 0.717) is 29.6 Å². The van der Waals surface area contributed by atoms with Crippen molar-refractivity contribution in [3.8, 4) is 11.5 Å². The molecule has 0 radical (unpaired) electrons. The van der Waals surface area contributed by atoms with Crippen LogP contribution in [0.25, 0.3) is 6.08 Å². The summed E-state index contributed by atoms with van der Waals surface area (Å²) in [7, 11) is 0. The van der Waals surface area contributed by atoms with Crippen molar-refractivity contribution < 1.29 is 19.2 Å². The summed E-state index contributed by atoms with van der Waals surface area (Å²) in [6.07, 6.45) is 1.71. The zero-order valence-electron chi connectivity index (χ0n) is 18.9. The maximum absolute atomic E-state index is 12.6. The number of carbonyl (C=O) groups excluding carboxylic acids is 1. The number of thioether (sulfide) groups is 1. The van der Waals surface area contributed by atoms with Crippen LogP contribution in [0, 0.1) is 13.7 Å². The van der Waals surface area contributed by atoms with E-state index in [1.165, 1.54) is 18.2 Å². The second-order valence-corrected chi connectivity index (χ2v) is 10.0. The minimum Gasteiger partial charge on any atom is -0.490 e. The molecule has 1 amide bonds. The number of benzene rings is 3. The number of amides is 1. The maximum Gasteiger partial charge on any atom is 0.296 e. The highest BCUT2D eigenvalue weighted by Gasteiger charge is 2.26. The average Bonchev–Trinajstić information content (AvgIpc) is 3.18. The van der Waals surface area contributed by atoms with Crippen molar-refractivity contribution in [2.45, 2.75) is 13.5 Å². The van der Waals surface area contributed by atoms with Gasteiger partial charge >= 0.3 is 0 Å². The molecule has 184 valence electrons. The van der Waals surface area contributed by atoms with Crippen LogP contribution in [0.1, 0.15) is 18.1 Å².